The predicted molar refractivity (Wildman–Crippen MR) is 198 cm³/mol. The second-order valence-corrected chi connectivity index (χ2v) is 12.5. The summed E-state index contributed by atoms with van der Waals surface area (Å²) in [5.74, 6) is 0.341. The average molecular weight is 603 g/mol. The minimum Gasteiger partial charge on any atom is -0.261 e. The van der Waals surface area contributed by atoms with Crippen LogP contribution in [0.2, 0.25) is 0 Å². The molecule has 0 unspecified atom stereocenters. The van der Waals surface area contributed by atoms with E-state index in [1.165, 1.54) is 43.8 Å². The van der Waals surface area contributed by atoms with E-state index >= 15 is 0 Å². The van der Waals surface area contributed by atoms with Gasteiger partial charge in [-0.05, 0) is 109 Å². The number of pyridine rings is 2. The van der Waals surface area contributed by atoms with E-state index in [0.717, 1.165) is 39.3 Å². The highest BCUT2D eigenvalue weighted by Crippen LogP contribution is 2.38. The predicted octanol–water partition coefficient (Wildman–Crippen LogP) is 12.2. The Labute approximate surface area is 276 Å². The Morgan fingerprint density at radius 1 is 0.383 bits per heavy atom. The maximum absolute atomic E-state index is 5.15. The molecule has 0 aliphatic heterocycles. The van der Waals surface area contributed by atoms with Crippen LogP contribution < -0.4 is 0 Å². The lowest BCUT2D eigenvalue weighted by Gasteiger charge is -2.15. The van der Waals surface area contributed by atoms with E-state index in [2.05, 4.69) is 164 Å². The summed E-state index contributed by atoms with van der Waals surface area (Å²) in [5.41, 5.74) is 12.2. The fraction of sp³-hybridized carbons (Fsp3) is 0.0667. The molecule has 224 valence electrons. The minimum absolute atomic E-state index is 0.341. The Balaban J connectivity index is 1.37. The van der Waals surface area contributed by atoms with Crippen LogP contribution in [0.3, 0.4) is 0 Å². The zero-order chi connectivity index (χ0) is 31.7. The molecule has 2 nitrogen and oxygen atoms in total. The summed E-state index contributed by atoms with van der Waals surface area (Å²) in [4.78, 5) is 9.82. The zero-order valence-corrected chi connectivity index (χ0v) is 26.6. The van der Waals surface area contributed by atoms with Gasteiger partial charge in [0.15, 0.2) is 0 Å². The number of aromatic nitrogens is 2. The van der Waals surface area contributed by atoms with Crippen molar-refractivity contribution >= 4 is 21.5 Å². The van der Waals surface area contributed by atoms with Crippen LogP contribution in [0.25, 0.3) is 77.4 Å². The van der Waals surface area contributed by atoms with Gasteiger partial charge in [-0.2, -0.15) is 0 Å². The lowest BCUT2D eigenvalue weighted by Crippen LogP contribution is -1.94. The van der Waals surface area contributed by atoms with Crippen LogP contribution in [0.4, 0.5) is 0 Å². The van der Waals surface area contributed by atoms with Gasteiger partial charge in [-0.15, -0.1) is 0 Å². The van der Waals surface area contributed by atoms with Crippen LogP contribution >= 0.6 is 0 Å². The summed E-state index contributed by atoms with van der Waals surface area (Å²) in [6, 6.07) is 56.6. The molecule has 0 bridgehead atoms. The average Bonchev–Trinajstić information content (AvgIpc) is 3.15. The molecule has 8 aromatic rings. The molecule has 0 atom stereocenters. The Hall–Kier alpha value is -5.86. The van der Waals surface area contributed by atoms with Gasteiger partial charge < -0.3 is 0 Å². The summed E-state index contributed by atoms with van der Waals surface area (Å²) in [7, 11) is 0. The molecule has 0 saturated carbocycles. The molecule has 0 aliphatic carbocycles. The molecule has 2 heteroatoms. The van der Waals surface area contributed by atoms with Crippen molar-refractivity contribution in [2.45, 2.75) is 19.8 Å². The monoisotopic (exact) mass is 602 g/mol. The summed E-state index contributed by atoms with van der Waals surface area (Å²) in [6.45, 7) is 4.39. The Kier molecular flexibility index (Phi) is 7.39. The second kappa shape index (κ2) is 12.2. The van der Waals surface area contributed by atoms with Crippen molar-refractivity contribution in [2.24, 2.45) is 0 Å². The summed E-state index contributed by atoms with van der Waals surface area (Å²) >= 11 is 0. The molecule has 0 saturated heterocycles. The van der Waals surface area contributed by atoms with Gasteiger partial charge in [0.25, 0.3) is 0 Å². The van der Waals surface area contributed by atoms with E-state index in [0.29, 0.717) is 5.92 Å². The van der Waals surface area contributed by atoms with E-state index in [9.17, 15) is 0 Å². The van der Waals surface area contributed by atoms with Gasteiger partial charge in [-0.3, -0.25) is 4.98 Å². The fourth-order valence-corrected chi connectivity index (χ4v) is 6.46. The number of nitrogens with zero attached hydrogens (tertiary/aromatic N) is 2. The van der Waals surface area contributed by atoms with E-state index in [4.69, 9.17) is 4.98 Å². The third-order valence-corrected chi connectivity index (χ3v) is 9.02. The first kappa shape index (κ1) is 28.6. The Morgan fingerprint density at radius 3 is 1.53 bits per heavy atom. The van der Waals surface area contributed by atoms with Gasteiger partial charge in [0, 0.05) is 23.0 Å². The van der Waals surface area contributed by atoms with Crippen LogP contribution in [0, 0.1) is 0 Å². The zero-order valence-electron chi connectivity index (χ0n) is 26.6. The SMILES string of the molecule is CC(C)c1cc(-c2cc(-c3cc(-c4ccccc4)nc(-c4ccccc4)c3)cc(-c3ccc4ccc5ccccc5c4c3)c2)ccn1. The highest BCUT2D eigenvalue weighted by atomic mass is 14.7. The maximum atomic E-state index is 5.15. The molecule has 8 rings (SSSR count). The molecule has 0 N–H and O–H groups in total. The highest BCUT2D eigenvalue weighted by Gasteiger charge is 2.14. The normalized spacial score (nSPS) is 11.4. The Morgan fingerprint density at radius 2 is 0.894 bits per heavy atom. The number of benzene rings is 6. The van der Waals surface area contributed by atoms with Gasteiger partial charge in [0.2, 0.25) is 0 Å². The number of rotatable bonds is 6. The van der Waals surface area contributed by atoms with Gasteiger partial charge in [-0.1, -0.05) is 123 Å². The summed E-state index contributed by atoms with van der Waals surface area (Å²) in [5, 5.41) is 5.03. The molecule has 0 fully saturated rings. The largest absolute Gasteiger partial charge is 0.261 e. The lowest BCUT2D eigenvalue weighted by molar-refractivity contribution is 0.823. The highest BCUT2D eigenvalue weighted by molar-refractivity contribution is 6.08. The second-order valence-electron chi connectivity index (χ2n) is 12.5. The lowest BCUT2D eigenvalue weighted by atomic mass is 9.91. The molecule has 2 aromatic heterocycles. The van der Waals surface area contributed by atoms with Crippen molar-refractivity contribution in [3.63, 3.8) is 0 Å². The molecule has 0 spiro atoms. The molecule has 6 aromatic carbocycles. The molecule has 0 aliphatic rings. The molecular formula is C45H34N2. The van der Waals surface area contributed by atoms with Gasteiger partial charge in [-0.25, -0.2) is 4.98 Å². The molecular weight excluding hydrogens is 569 g/mol. The maximum Gasteiger partial charge on any atom is 0.0715 e. The molecule has 47 heavy (non-hydrogen) atoms. The number of fused-ring (bicyclic) bond motifs is 3. The summed E-state index contributed by atoms with van der Waals surface area (Å²) in [6.07, 6.45) is 1.94. The summed E-state index contributed by atoms with van der Waals surface area (Å²) < 4.78 is 0. The smallest absolute Gasteiger partial charge is 0.0715 e. The van der Waals surface area contributed by atoms with Crippen LogP contribution in [0.1, 0.15) is 25.5 Å². The van der Waals surface area contributed by atoms with Crippen LogP contribution in [0.15, 0.2) is 164 Å². The van der Waals surface area contributed by atoms with Crippen molar-refractivity contribution in [3.8, 4) is 55.9 Å². The number of hydrogen-bond donors (Lipinski definition) is 0. The van der Waals surface area contributed by atoms with E-state index < -0.39 is 0 Å². The van der Waals surface area contributed by atoms with Crippen molar-refractivity contribution in [1.82, 2.24) is 9.97 Å². The number of hydrogen-bond acceptors (Lipinski definition) is 2. The third-order valence-electron chi connectivity index (χ3n) is 9.02. The van der Waals surface area contributed by atoms with Gasteiger partial charge in [0.1, 0.15) is 0 Å². The van der Waals surface area contributed by atoms with E-state index in [1.807, 2.05) is 18.3 Å². The Bertz CT molecular complexity index is 2320. The first-order valence-corrected chi connectivity index (χ1v) is 16.3. The first-order valence-electron chi connectivity index (χ1n) is 16.3. The minimum atomic E-state index is 0.341. The van der Waals surface area contributed by atoms with E-state index in [-0.39, 0.29) is 0 Å². The van der Waals surface area contributed by atoms with Crippen LogP contribution in [-0.4, -0.2) is 9.97 Å². The van der Waals surface area contributed by atoms with Gasteiger partial charge in [0.05, 0.1) is 11.4 Å². The quantitative estimate of drug-likeness (QED) is 0.177. The van der Waals surface area contributed by atoms with E-state index in [1.54, 1.807) is 0 Å². The standard InChI is InChI=1S/C45H34N2/c1-30(2)43-27-36(21-22-46-43)38-23-37(35-20-19-32-18-17-31-11-9-10-16-41(31)42(32)26-35)24-39(25-38)40-28-44(33-12-5-3-6-13-33)47-45(29-40)34-14-7-4-8-15-34/h3-30H,1-2H3. The van der Waals surface area contributed by atoms with Crippen molar-refractivity contribution < 1.29 is 0 Å². The van der Waals surface area contributed by atoms with Crippen molar-refractivity contribution in [2.75, 3.05) is 0 Å². The van der Waals surface area contributed by atoms with Crippen molar-refractivity contribution in [1.29, 1.82) is 0 Å². The van der Waals surface area contributed by atoms with Gasteiger partial charge >= 0.3 is 0 Å². The first-order chi connectivity index (χ1) is 23.1. The van der Waals surface area contributed by atoms with Crippen molar-refractivity contribution in [3.05, 3.63) is 170 Å². The molecule has 2 heterocycles. The topological polar surface area (TPSA) is 25.8 Å². The van der Waals surface area contributed by atoms with Crippen LogP contribution in [-0.2, 0) is 0 Å². The molecule has 0 radical (unpaired) electrons. The molecule has 0 amide bonds. The fourth-order valence-electron chi connectivity index (χ4n) is 6.46. The van der Waals surface area contributed by atoms with Crippen LogP contribution in [0.5, 0.6) is 0 Å². The third kappa shape index (κ3) is 5.71.